The number of Topliss-reactive ketones (excluding diaryl/α,β-unsaturated/α-hetero) is 1. The highest BCUT2D eigenvalue weighted by Crippen LogP contribution is 2.45. The van der Waals surface area contributed by atoms with Gasteiger partial charge >= 0.3 is 5.91 Å². The van der Waals surface area contributed by atoms with Crippen LogP contribution in [0.25, 0.3) is 16.0 Å². The van der Waals surface area contributed by atoms with Crippen molar-refractivity contribution in [3.63, 3.8) is 0 Å². The number of fused-ring (bicyclic) bond motifs is 2. The van der Waals surface area contributed by atoms with Crippen molar-refractivity contribution in [1.29, 1.82) is 0 Å². The predicted molar refractivity (Wildman–Crippen MR) is 141 cm³/mol. The van der Waals surface area contributed by atoms with Gasteiger partial charge in [0.1, 0.15) is 17.6 Å². The number of aliphatic hydroxyl groups excluding tert-OH is 1. The molecule has 2 atom stereocenters. The number of thiazole rings is 1. The Morgan fingerprint density at radius 1 is 1.08 bits per heavy atom. The molecule has 1 fully saturated rings. The molecule has 1 N–H and O–H groups in total. The molecular weight excluding hydrogens is 519 g/mol. The topological polar surface area (TPSA) is 79.7 Å². The maximum absolute atomic E-state index is 13.4. The molecule has 2 aliphatic rings. The van der Waals surface area contributed by atoms with E-state index in [0.717, 1.165) is 16.0 Å². The van der Waals surface area contributed by atoms with Crippen molar-refractivity contribution in [2.75, 3.05) is 4.90 Å². The second-order valence-corrected chi connectivity index (χ2v) is 10.7. The fraction of sp³-hybridized carbons (Fsp3) is 0.148. The lowest BCUT2D eigenvalue weighted by molar-refractivity contribution is -0.132. The molecule has 0 aliphatic carbocycles. The van der Waals surface area contributed by atoms with Crippen LogP contribution in [-0.2, 0) is 16.0 Å². The fourth-order valence-corrected chi connectivity index (χ4v) is 6.20. The second kappa shape index (κ2) is 8.62. The van der Waals surface area contributed by atoms with E-state index in [0.29, 0.717) is 38.2 Å². The van der Waals surface area contributed by atoms with Crippen molar-refractivity contribution in [1.82, 2.24) is 4.98 Å². The average molecular weight is 537 g/mol. The van der Waals surface area contributed by atoms with Crippen molar-refractivity contribution in [3.8, 4) is 5.75 Å². The van der Waals surface area contributed by atoms with Crippen molar-refractivity contribution >= 4 is 67.3 Å². The first-order chi connectivity index (χ1) is 17.3. The molecule has 0 saturated carbocycles. The number of hydrogen-bond acceptors (Lipinski definition) is 6. The third-order valence-corrected chi connectivity index (χ3v) is 7.81. The summed E-state index contributed by atoms with van der Waals surface area (Å²) in [6.45, 7) is 1.97. The number of carbonyl (C=O) groups excluding carboxylic acids is 2. The quantitative estimate of drug-likeness (QED) is 0.182. The van der Waals surface area contributed by atoms with Crippen LogP contribution in [0.1, 0.15) is 29.7 Å². The number of ketones is 1. The van der Waals surface area contributed by atoms with Crippen molar-refractivity contribution in [2.45, 2.75) is 25.5 Å². The molecule has 0 radical (unpaired) electrons. The van der Waals surface area contributed by atoms with Gasteiger partial charge in [-0.3, -0.25) is 14.5 Å². The summed E-state index contributed by atoms with van der Waals surface area (Å²) in [6.07, 6.45) is 0.721. The molecule has 3 heterocycles. The molecule has 0 unspecified atom stereocenters. The normalized spacial score (nSPS) is 20.7. The number of amides is 1. The Labute approximate surface area is 220 Å². The van der Waals surface area contributed by atoms with Crippen molar-refractivity contribution in [2.24, 2.45) is 0 Å². The molecule has 0 bridgehead atoms. The van der Waals surface area contributed by atoms with Crippen LogP contribution >= 0.6 is 34.5 Å². The third kappa shape index (κ3) is 3.75. The largest absolute Gasteiger partial charge is 0.507 e. The molecule has 1 aromatic heterocycles. The summed E-state index contributed by atoms with van der Waals surface area (Å²) in [5.74, 6) is -1.07. The molecule has 6 nitrogen and oxygen atoms in total. The highest BCUT2D eigenvalue weighted by Gasteiger charge is 2.48. The molecule has 4 aromatic rings. The first-order valence-corrected chi connectivity index (χ1v) is 12.8. The van der Waals surface area contributed by atoms with E-state index < -0.39 is 17.7 Å². The van der Waals surface area contributed by atoms with E-state index in [2.05, 4.69) is 4.98 Å². The van der Waals surface area contributed by atoms with Crippen LogP contribution < -0.4 is 9.64 Å². The number of nitrogens with zero attached hydrogens (tertiary/aromatic N) is 2. The minimum atomic E-state index is -0.914. The Morgan fingerprint density at radius 2 is 1.89 bits per heavy atom. The molecule has 6 rings (SSSR count). The number of carbonyl (C=O) groups is 2. The SMILES string of the molecule is C[C@H]1Cc2cc(C(O)=C3C(=O)C(=O)N(c4nc5ccc(Cl)cc5s4)[C@H]3c3cccc(Cl)c3)ccc2O1. The molecule has 180 valence electrons. The van der Waals surface area contributed by atoms with Gasteiger partial charge in [-0.05, 0) is 66.6 Å². The second-order valence-electron chi connectivity index (χ2n) is 8.79. The highest BCUT2D eigenvalue weighted by atomic mass is 35.5. The van der Waals surface area contributed by atoms with Crippen LogP contribution in [0.3, 0.4) is 0 Å². The minimum Gasteiger partial charge on any atom is -0.507 e. The predicted octanol–water partition coefficient (Wildman–Crippen LogP) is 6.55. The van der Waals surface area contributed by atoms with Gasteiger partial charge in [-0.25, -0.2) is 4.98 Å². The van der Waals surface area contributed by atoms with E-state index >= 15 is 0 Å². The fourth-order valence-electron chi connectivity index (χ4n) is 4.74. The first-order valence-electron chi connectivity index (χ1n) is 11.2. The molecule has 1 saturated heterocycles. The summed E-state index contributed by atoms with van der Waals surface area (Å²) < 4.78 is 6.54. The van der Waals surface area contributed by atoms with E-state index in [1.54, 1.807) is 60.7 Å². The summed E-state index contributed by atoms with van der Waals surface area (Å²) in [5, 5.41) is 12.7. The van der Waals surface area contributed by atoms with Gasteiger partial charge in [0.15, 0.2) is 5.13 Å². The number of aromatic nitrogens is 1. The van der Waals surface area contributed by atoms with E-state index in [-0.39, 0.29) is 17.4 Å². The zero-order valence-electron chi connectivity index (χ0n) is 18.9. The average Bonchev–Trinajstić information content (AvgIpc) is 3.50. The zero-order chi connectivity index (χ0) is 25.1. The van der Waals surface area contributed by atoms with E-state index in [1.165, 1.54) is 16.2 Å². The van der Waals surface area contributed by atoms with Crippen LogP contribution in [0, 0.1) is 0 Å². The van der Waals surface area contributed by atoms with Crippen molar-refractivity contribution < 1.29 is 19.4 Å². The third-order valence-electron chi connectivity index (χ3n) is 6.32. The summed E-state index contributed by atoms with van der Waals surface area (Å²) in [6, 6.07) is 16.5. The summed E-state index contributed by atoms with van der Waals surface area (Å²) in [7, 11) is 0. The lowest BCUT2D eigenvalue weighted by Gasteiger charge is -2.23. The smallest absolute Gasteiger partial charge is 0.301 e. The summed E-state index contributed by atoms with van der Waals surface area (Å²) in [5.41, 5.74) is 2.58. The lowest BCUT2D eigenvalue weighted by Crippen LogP contribution is -2.29. The van der Waals surface area contributed by atoms with Gasteiger partial charge in [-0.2, -0.15) is 0 Å². The Kier molecular flexibility index (Phi) is 5.52. The number of benzene rings is 3. The van der Waals surface area contributed by atoms with Crippen LogP contribution in [0.5, 0.6) is 5.75 Å². The van der Waals surface area contributed by atoms with E-state index in [4.69, 9.17) is 27.9 Å². The number of aliphatic hydroxyl groups is 1. The summed E-state index contributed by atoms with van der Waals surface area (Å²) in [4.78, 5) is 32.8. The maximum atomic E-state index is 13.4. The van der Waals surface area contributed by atoms with Crippen molar-refractivity contribution in [3.05, 3.63) is 93.0 Å². The molecule has 1 amide bonds. The minimum absolute atomic E-state index is 0.0218. The highest BCUT2D eigenvalue weighted by molar-refractivity contribution is 7.22. The first kappa shape index (κ1) is 23.0. The molecule has 2 aliphatic heterocycles. The van der Waals surface area contributed by atoms with E-state index in [1.807, 2.05) is 6.92 Å². The number of rotatable bonds is 3. The van der Waals surface area contributed by atoms with Gasteiger partial charge in [0.05, 0.1) is 21.8 Å². The molecule has 3 aromatic carbocycles. The Hall–Kier alpha value is -3.39. The van der Waals surface area contributed by atoms with Crippen LogP contribution in [-0.4, -0.2) is 27.9 Å². The Balaban J connectivity index is 1.54. The summed E-state index contributed by atoms with van der Waals surface area (Å²) >= 11 is 13.7. The Morgan fingerprint density at radius 3 is 2.69 bits per heavy atom. The molecule has 9 heteroatoms. The number of hydrogen-bond donors (Lipinski definition) is 1. The van der Waals surface area contributed by atoms with Crippen LogP contribution in [0.15, 0.2) is 66.2 Å². The van der Waals surface area contributed by atoms with Crippen LogP contribution in [0.4, 0.5) is 5.13 Å². The van der Waals surface area contributed by atoms with E-state index in [9.17, 15) is 14.7 Å². The van der Waals surface area contributed by atoms with Crippen LogP contribution in [0.2, 0.25) is 10.0 Å². The number of anilines is 1. The van der Waals surface area contributed by atoms with Gasteiger partial charge in [-0.15, -0.1) is 0 Å². The molecule has 0 spiro atoms. The zero-order valence-corrected chi connectivity index (χ0v) is 21.2. The lowest BCUT2D eigenvalue weighted by atomic mass is 9.94. The van der Waals surface area contributed by atoms with Gasteiger partial charge in [0, 0.05) is 22.0 Å². The van der Waals surface area contributed by atoms with Gasteiger partial charge in [-0.1, -0.05) is 46.7 Å². The standard InChI is InChI=1S/C27H18Cl2N2O4S/c1-13-9-16-10-15(5-8-20(16)35-13)24(32)22-23(14-3-2-4-17(28)11-14)31(26(34)25(22)33)27-30-19-7-6-18(29)12-21(19)36-27/h2-8,10-13,23,32H,9H2,1H3/t13-,23-/m0/s1. The number of ether oxygens (including phenoxy) is 1. The number of halogens is 2. The van der Waals surface area contributed by atoms with Gasteiger partial charge < -0.3 is 9.84 Å². The Bertz CT molecular complexity index is 1610. The van der Waals surface area contributed by atoms with Gasteiger partial charge in [0.25, 0.3) is 5.78 Å². The molecule has 36 heavy (non-hydrogen) atoms. The monoisotopic (exact) mass is 536 g/mol. The maximum Gasteiger partial charge on any atom is 0.301 e. The van der Waals surface area contributed by atoms with Gasteiger partial charge in [0.2, 0.25) is 0 Å². The molecular formula is C27H18Cl2N2O4S.